The molecule has 0 aliphatic rings. The predicted octanol–water partition coefficient (Wildman–Crippen LogP) is 5.15. The lowest BCUT2D eigenvalue weighted by atomic mass is 9.85. The van der Waals surface area contributed by atoms with Crippen molar-refractivity contribution in [2.24, 2.45) is 0 Å². The van der Waals surface area contributed by atoms with Gasteiger partial charge in [0.25, 0.3) is 5.91 Å². The molecule has 3 aromatic rings. The Hall–Kier alpha value is -3.41. The van der Waals surface area contributed by atoms with Crippen molar-refractivity contribution in [2.45, 2.75) is 40.0 Å². The lowest BCUT2D eigenvalue weighted by molar-refractivity contribution is -0.118. The minimum atomic E-state index is -0.206. The average molecular weight is 405 g/mol. The van der Waals surface area contributed by atoms with Crippen LogP contribution >= 0.6 is 0 Å². The third-order valence-electron chi connectivity index (χ3n) is 4.55. The largest absolute Gasteiger partial charge is 0.483 e. The van der Waals surface area contributed by atoms with Crippen LogP contribution in [0.1, 0.15) is 37.6 Å². The highest BCUT2D eigenvalue weighted by Crippen LogP contribution is 2.32. The number of carbonyl (C=O) groups excluding carboxylic acids is 1. The molecule has 0 radical (unpaired) electrons. The van der Waals surface area contributed by atoms with E-state index in [4.69, 9.17) is 4.74 Å². The first-order chi connectivity index (χ1) is 14.2. The maximum Gasteiger partial charge on any atom is 0.262 e. The molecule has 156 valence electrons. The SMILES string of the molecule is Cc1ccc(OCC(=O)Nc2ccc(Nc3cc(C)ncn3)cc2)c(C(C)(C)C)c1. The number of anilines is 3. The molecule has 2 aromatic carbocycles. The van der Waals surface area contributed by atoms with Crippen LogP contribution < -0.4 is 15.4 Å². The van der Waals surface area contributed by atoms with E-state index in [2.05, 4.69) is 54.4 Å². The highest BCUT2D eigenvalue weighted by atomic mass is 16.5. The molecule has 0 saturated carbocycles. The molecule has 0 spiro atoms. The summed E-state index contributed by atoms with van der Waals surface area (Å²) in [5, 5.41) is 6.07. The second kappa shape index (κ2) is 8.95. The number of aryl methyl sites for hydroxylation is 2. The van der Waals surface area contributed by atoms with Crippen LogP contribution in [-0.2, 0) is 10.2 Å². The van der Waals surface area contributed by atoms with E-state index in [-0.39, 0.29) is 17.9 Å². The Morgan fingerprint density at radius 3 is 2.33 bits per heavy atom. The Balaban J connectivity index is 1.58. The van der Waals surface area contributed by atoms with E-state index in [9.17, 15) is 4.79 Å². The van der Waals surface area contributed by atoms with Crippen LogP contribution in [0.5, 0.6) is 5.75 Å². The normalized spacial score (nSPS) is 11.1. The fourth-order valence-corrected chi connectivity index (χ4v) is 3.00. The molecule has 0 bridgehead atoms. The lowest BCUT2D eigenvalue weighted by Gasteiger charge is -2.23. The summed E-state index contributed by atoms with van der Waals surface area (Å²) in [6.45, 7) is 10.3. The molecule has 0 fully saturated rings. The molecular weight excluding hydrogens is 376 g/mol. The molecule has 30 heavy (non-hydrogen) atoms. The summed E-state index contributed by atoms with van der Waals surface area (Å²) in [6.07, 6.45) is 1.52. The fourth-order valence-electron chi connectivity index (χ4n) is 3.00. The third kappa shape index (κ3) is 5.80. The number of carbonyl (C=O) groups is 1. The van der Waals surface area contributed by atoms with E-state index in [0.717, 1.165) is 28.5 Å². The van der Waals surface area contributed by atoms with Crippen LogP contribution in [0.2, 0.25) is 0 Å². The predicted molar refractivity (Wildman–Crippen MR) is 120 cm³/mol. The van der Waals surface area contributed by atoms with E-state index in [1.165, 1.54) is 11.9 Å². The smallest absolute Gasteiger partial charge is 0.262 e. The Morgan fingerprint density at radius 2 is 1.67 bits per heavy atom. The van der Waals surface area contributed by atoms with Crippen LogP contribution in [0, 0.1) is 13.8 Å². The molecule has 2 N–H and O–H groups in total. The summed E-state index contributed by atoms with van der Waals surface area (Å²) in [5.41, 5.74) is 4.65. The van der Waals surface area contributed by atoms with Gasteiger partial charge < -0.3 is 15.4 Å². The zero-order chi connectivity index (χ0) is 21.7. The zero-order valence-corrected chi connectivity index (χ0v) is 18.1. The first-order valence-corrected chi connectivity index (χ1v) is 9.90. The van der Waals surface area contributed by atoms with Gasteiger partial charge in [-0.15, -0.1) is 0 Å². The van der Waals surface area contributed by atoms with Crippen molar-refractivity contribution in [3.8, 4) is 5.75 Å². The van der Waals surface area contributed by atoms with Crippen molar-refractivity contribution >= 4 is 23.1 Å². The lowest BCUT2D eigenvalue weighted by Crippen LogP contribution is -2.22. The molecule has 0 saturated heterocycles. The Morgan fingerprint density at radius 1 is 0.967 bits per heavy atom. The quantitative estimate of drug-likeness (QED) is 0.594. The van der Waals surface area contributed by atoms with Gasteiger partial charge in [0.15, 0.2) is 6.61 Å². The van der Waals surface area contributed by atoms with Crippen LogP contribution in [0.4, 0.5) is 17.2 Å². The van der Waals surface area contributed by atoms with Gasteiger partial charge in [-0.3, -0.25) is 4.79 Å². The summed E-state index contributed by atoms with van der Waals surface area (Å²) in [6, 6.07) is 15.3. The fraction of sp³-hybridized carbons (Fsp3) is 0.292. The number of hydrogen-bond acceptors (Lipinski definition) is 5. The highest BCUT2D eigenvalue weighted by Gasteiger charge is 2.19. The number of ether oxygens (including phenoxy) is 1. The van der Waals surface area contributed by atoms with Crippen molar-refractivity contribution in [1.29, 1.82) is 0 Å². The second-order valence-corrected chi connectivity index (χ2v) is 8.33. The topological polar surface area (TPSA) is 76.1 Å². The number of nitrogens with one attached hydrogen (secondary N) is 2. The van der Waals surface area contributed by atoms with Crippen LogP contribution in [0.15, 0.2) is 54.9 Å². The van der Waals surface area contributed by atoms with Crippen molar-refractivity contribution in [3.05, 3.63) is 71.7 Å². The number of rotatable bonds is 6. The molecule has 1 amide bonds. The van der Waals surface area contributed by atoms with E-state index in [1.54, 1.807) is 0 Å². The third-order valence-corrected chi connectivity index (χ3v) is 4.55. The molecule has 0 unspecified atom stereocenters. The maximum atomic E-state index is 12.4. The second-order valence-electron chi connectivity index (χ2n) is 8.33. The number of benzene rings is 2. The van der Waals surface area contributed by atoms with Crippen LogP contribution in [0.3, 0.4) is 0 Å². The maximum absolute atomic E-state index is 12.4. The molecule has 1 aromatic heterocycles. The Kier molecular flexibility index (Phi) is 6.35. The van der Waals surface area contributed by atoms with Gasteiger partial charge in [0, 0.05) is 23.1 Å². The minimum absolute atomic E-state index is 0.0493. The van der Waals surface area contributed by atoms with E-state index in [1.807, 2.05) is 49.4 Å². The van der Waals surface area contributed by atoms with Gasteiger partial charge in [-0.1, -0.05) is 38.5 Å². The van der Waals surface area contributed by atoms with E-state index in [0.29, 0.717) is 5.69 Å². The van der Waals surface area contributed by atoms with Crippen LogP contribution in [-0.4, -0.2) is 22.5 Å². The van der Waals surface area contributed by atoms with Gasteiger partial charge in [-0.05, 0) is 55.2 Å². The van der Waals surface area contributed by atoms with Gasteiger partial charge in [0.2, 0.25) is 0 Å². The van der Waals surface area contributed by atoms with Crippen LogP contribution in [0.25, 0.3) is 0 Å². The number of amides is 1. The van der Waals surface area contributed by atoms with Crippen molar-refractivity contribution in [3.63, 3.8) is 0 Å². The molecule has 0 aliphatic heterocycles. The van der Waals surface area contributed by atoms with Gasteiger partial charge >= 0.3 is 0 Å². The standard InChI is InChI=1S/C24H28N4O2/c1-16-6-11-21(20(12-16)24(3,4)5)30-14-23(29)28-19-9-7-18(8-10-19)27-22-13-17(2)25-15-26-22/h6-13,15H,14H2,1-5H3,(H,28,29)(H,25,26,27). The molecule has 0 atom stereocenters. The zero-order valence-electron chi connectivity index (χ0n) is 18.1. The summed E-state index contributed by atoms with van der Waals surface area (Å²) in [4.78, 5) is 20.6. The average Bonchev–Trinajstić information content (AvgIpc) is 2.68. The van der Waals surface area contributed by atoms with E-state index < -0.39 is 0 Å². The molecule has 6 nitrogen and oxygen atoms in total. The number of hydrogen-bond donors (Lipinski definition) is 2. The molecule has 3 rings (SSSR count). The summed E-state index contributed by atoms with van der Waals surface area (Å²) < 4.78 is 5.83. The van der Waals surface area contributed by atoms with Gasteiger partial charge in [-0.25, -0.2) is 9.97 Å². The van der Waals surface area contributed by atoms with Crippen molar-refractivity contribution in [2.75, 3.05) is 17.2 Å². The summed E-state index contributed by atoms with van der Waals surface area (Å²) in [7, 11) is 0. The first-order valence-electron chi connectivity index (χ1n) is 9.90. The molecule has 1 heterocycles. The summed E-state index contributed by atoms with van der Waals surface area (Å²) in [5.74, 6) is 1.26. The van der Waals surface area contributed by atoms with Gasteiger partial charge in [0.05, 0.1) is 0 Å². The molecule has 6 heteroatoms. The molecular formula is C24H28N4O2. The number of nitrogens with zero attached hydrogens (tertiary/aromatic N) is 2. The van der Waals surface area contributed by atoms with E-state index >= 15 is 0 Å². The monoisotopic (exact) mass is 404 g/mol. The Bertz CT molecular complexity index is 1020. The van der Waals surface area contributed by atoms with Crippen molar-refractivity contribution in [1.82, 2.24) is 9.97 Å². The van der Waals surface area contributed by atoms with Gasteiger partial charge in [0.1, 0.15) is 17.9 Å². The molecule has 0 aliphatic carbocycles. The van der Waals surface area contributed by atoms with Gasteiger partial charge in [-0.2, -0.15) is 0 Å². The van der Waals surface area contributed by atoms with Crippen molar-refractivity contribution < 1.29 is 9.53 Å². The highest BCUT2D eigenvalue weighted by molar-refractivity contribution is 5.92. The first kappa shape index (κ1) is 21.3. The summed E-state index contributed by atoms with van der Waals surface area (Å²) >= 11 is 0. The Labute approximate surface area is 177 Å². The minimum Gasteiger partial charge on any atom is -0.483 e. The number of aromatic nitrogens is 2.